The Morgan fingerprint density at radius 1 is 1.13 bits per heavy atom. The summed E-state index contributed by atoms with van der Waals surface area (Å²) < 4.78 is 38.1. The maximum Gasteiger partial charge on any atom is 0.416 e. The molecule has 5 N–H and O–H groups in total. The first-order valence-electron chi connectivity index (χ1n) is 6.09. The van der Waals surface area contributed by atoms with E-state index in [4.69, 9.17) is 11.5 Å². The van der Waals surface area contributed by atoms with E-state index in [2.05, 4.69) is 15.3 Å². The van der Waals surface area contributed by atoms with Crippen LogP contribution in [-0.4, -0.2) is 21.8 Å². The number of aromatic nitrogens is 2. The summed E-state index contributed by atoms with van der Waals surface area (Å²) in [6, 6.07) is 4.17. The fraction of sp³-hybridized carbons (Fsp3) is 0.0769. The molecule has 0 spiro atoms. The molecular weight excluding hydrogens is 315 g/mol. The summed E-state index contributed by atoms with van der Waals surface area (Å²) >= 11 is 0. The molecule has 0 aliphatic carbocycles. The molecule has 0 unspecified atom stereocenters. The van der Waals surface area contributed by atoms with Gasteiger partial charge in [-0.25, -0.2) is 9.97 Å². The lowest BCUT2D eigenvalue weighted by Crippen LogP contribution is -2.20. The number of hydrogen-bond acceptors (Lipinski definition) is 5. The fourth-order valence-corrected chi connectivity index (χ4v) is 1.69. The Kier molecular flexibility index (Phi) is 4.16. The van der Waals surface area contributed by atoms with Gasteiger partial charge in [0.15, 0.2) is 11.5 Å². The van der Waals surface area contributed by atoms with Crippen LogP contribution in [0.15, 0.2) is 30.5 Å². The van der Waals surface area contributed by atoms with Crippen molar-refractivity contribution in [3.05, 3.63) is 47.4 Å². The Balaban J connectivity index is 2.44. The van der Waals surface area contributed by atoms with Gasteiger partial charge >= 0.3 is 6.18 Å². The van der Waals surface area contributed by atoms with Crippen molar-refractivity contribution >= 4 is 23.3 Å². The molecule has 1 heterocycles. The topological polar surface area (TPSA) is 124 Å². The third-order valence-corrected chi connectivity index (χ3v) is 2.71. The molecule has 0 fully saturated rings. The molecule has 2 aromatic rings. The molecule has 7 nitrogen and oxygen atoms in total. The number of carbonyl (C=O) groups is 2. The summed E-state index contributed by atoms with van der Waals surface area (Å²) in [4.78, 5) is 29.8. The highest BCUT2D eigenvalue weighted by Crippen LogP contribution is 2.31. The van der Waals surface area contributed by atoms with Crippen LogP contribution in [0.3, 0.4) is 0 Å². The van der Waals surface area contributed by atoms with Gasteiger partial charge in [-0.15, -0.1) is 0 Å². The number of benzene rings is 1. The number of anilines is 2. The van der Waals surface area contributed by atoms with Gasteiger partial charge in [-0.3, -0.25) is 9.59 Å². The van der Waals surface area contributed by atoms with Gasteiger partial charge in [0, 0.05) is 5.69 Å². The van der Waals surface area contributed by atoms with Gasteiger partial charge in [0.2, 0.25) is 0 Å². The molecule has 0 atom stereocenters. The van der Waals surface area contributed by atoms with E-state index in [0.717, 1.165) is 18.3 Å². The molecule has 1 aromatic carbocycles. The van der Waals surface area contributed by atoms with Crippen molar-refractivity contribution in [1.82, 2.24) is 9.97 Å². The Labute approximate surface area is 127 Å². The van der Waals surface area contributed by atoms with E-state index in [9.17, 15) is 22.8 Å². The van der Waals surface area contributed by atoms with Crippen LogP contribution in [0.25, 0.3) is 0 Å². The molecular formula is C13H10F3N5O2. The van der Waals surface area contributed by atoms with Crippen molar-refractivity contribution in [2.75, 3.05) is 5.32 Å². The molecule has 0 radical (unpaired) electrons. The SMILES string of the molecule is NC(=O)c1cnc(C(N)=O)c(Nc2cccc(C(F)(F)F)c2)n1. The summed E-state index contributed by atoms with van der Waals surface area (Å²) in [5, 5.41) is 2.48. The Morgan fingerprint density at radius 2 is 1.83 bits per heavy atom. The van der Waals surface area contributed by atoms with Gasteiger partial charge in [0.05, 0.1) is 11.8 Å². The molecule has 2 amide bonds. The van der Waals surface area contributed by atoms with E-state index in [1.54, 1.807) is 0 Å². The summed E-state index contributed by atoms with van der Waals surface area (Å²) in [6.45, 7) is 0. The van der Waals surface area contributed by atoms with Crippen molar-refractivity contribution in [2.45, 2.75) is 6.18 Å². The van der Waals surface area contributed by atoms with Crippen LogP contribution in [0, 0.1) is 0 Å². The van der Waals surface area contributed by atoms with Gasteiger partial charge in [-0.05, 0) is 18.2 Å². The van der Waals surface area contributed by atoms with Crippen LogP contribution in [0.4, 0.5) is 24.7 Å². The molecule has 0 saturated carbocycles. The number of alkyl halides is 3. The number of nitrogens with one attached hydrogen (secondary N) is 1. The molecule has 0 bridgehead atoms. The standard InChI is InChI=1S/C13H10F3N5O2/c14-13(15,16)6-2-1-3-7(4-6)20-12-9(11(18)23)19-5-8(21-12)10(17)22/h1-5H,(H2,17,22)(H2,18,23)(H,20,21). The number of hydrogen-bond donors (Lipinski definition) is 3. The normalized spacial score (nSPS) is 11.1. The van der Waals surface area contributed by atoms with Gasteiger partial charge in [0.25, 0.3) is 11.8 Å². The molecule has 0 aliphatic rings. The third-order valence-electron chi connectivity index (χ3n) is 2.71. The number of amides is 2. The van der Waals surface area contributed by atoms with E-state index >= 15 is 0 Å². The molecule has 0 saturated heterocycles. The Bertz CT molecular complexity index is 776. The van der Waals surface area contributed by atoms with Crippen LogP contribution < -0.4 is 16.8 Å². The first-order valence-corrected chi connectivity index (χ1v) is 6.09. The first kappa shape index (κ1) is 16.2. The van der Waals surface area contributed by atoms with Crippen LogP contribution in [0.2, 0.25) is 0 Å². The van der Waals surface area contributed by atoms with E-state index in [0.29, 0.717) is 0 Å². The highest BCUT2D eigenvalue weighted by Gasteiger charge is 2.30. The maximum atomic E-state index is 12.7. The van der Waals surface area contributed by atoms with Gasteiger partial charge in [-0.2, -0.15) is 13.2 Å². The lowest BCUT2D eigenvalue weighted by atomic mass is 10.2. The number of halogens is 3. The van der Waals surface area contributed by atoms with Gasteiger partial charge in [0.1, 0.15) is 5.69 Å². The summed E-state index contributed by atoms with van der Waals surface area (Å²) in [5.74, 6) is -2.16. The minimum atomic E-state index is -4.54. The van der Waals surface area contributed by atoms with Crippen molar-refractivity contribution in [3.63, 3.8) is 0 Å². The highest BCUT2D eigenvalue weighted by molar-refractivity contribution is 5.97. The second-order valence-electron chi connectivity index (χ2n) is 4.38. The lowest BCUT2D eigenvalue weighted by Gasteiger charge is -2.12. The number of carbonyl (C=O) groups excluding carboxylic acids is 2. The second kappa shape index (κ2) is 5.91. The fourth-order valence-electron chi connectivity index (χ4n) is 1.69. The molecule has 23 heavy (non-hydrogen) atoms. The predicted molar refractivity (Wildman–Crippen MR) is 73.8 cm³/mol. The number of nitrogens with two attached hydrogens (primary N) is 2. The van der Waals surface area contributed by atoms with Crippen LogP contribution in [0.5, 0.6) is 0 Å². The average Bonchev–Trinajstić information content (AvgIpc) is 2.46. The first-order chi connectivity index (χ1) is 10.7. The molecule has 2 rings (SSSR count). The smallest absolute Gasteiger partial charge is 0.364 e. The van der Waals surface area contributed by atoms with Crippen molar-refractivity contribution in [3.8, 4) is 0 Å². The summed E-state index contributed by atoms with van der Waals surface area (Å²) in [7, 11) is 0. The van der Waals surface area contributed by atoms with Gasteiger partial charge in [-0.1, -0.05) is 6.07 Å². The number of primary amides is 2. The van der Waals surface area contributed by atoms with Crippen molar-refractivity contribution in [1.29, 1.82) is 0 Å². The summed E-state index contributed by atoms with van der Waals surface area (Å²) in [5.41, 5.74) is 8.63. The lowest BCUT2D eigenvalue weighted by molar-refractivity contribution is -0.137. The molecule has 1 aromatic heterocycles. The second-order valence-corrected chi connectivity index (χ2v) is 4.38. The number of rotatable bonds is 4. The Morgan fingerprint density at radius 3 is 2.39 bits per heavy atom. The van der Waals surface area contributed by atoms with Crippen LogP contribution in [0.1, 0.15) is 26.5 Å². The monoisotopic (exact) mass is 325 g/mol. The van der Waals surface area contributed by atoms with Crippen molar-refractivity contribution in [2.24, 2.45) is 11.5 Å². The minimum Gasteiger partial charge on any atom is -0.364 e. The Hall–Kier alpha value is -3.17. The average molecular weight is 325 g/mol. The van der Waals surface area contributed by atoms with Crippen LogP contribution >= 0.6 is 0 Å². The minimum absolute atomic E-state index is 0.0155. The maximum absolute atomic E-state index is 12.7. The largest absolute Gasteiger partial charge is 0.416 e. The van der Waals surface area contributed by atoms with E-state index in [-0.39, 0.29) is 22.9 Å². The highest BCUT2D eigenvalue weighted by atomic mass is 19.4. The van der Waals surface area contributed by atoms with E-state index < -0.39 is 23.6 Å². The zero-order valence-corrected chi connectivity index (χ0v) is 11.4. The van der Waals surface area contributed by atoms with Crippen LogP contribution in [-0.2, 0) is 6.18 Å². The number of nitrogens with zero attached hydrogens (tertiary/aromatic N) is 2. The van der Waals surface area contributed by atoms with Crippen molar-refractivity contribution < 1.29 is 22.8 Å². The zero-order chi connectivity index (χ0) is 17.2. The molecule has 0 aliphatic heterocycles. The molecule has 10 heteroatoms. The summed E-state index contributed by atoms with van der Waals surface area (Å²) in [6.07, 6.45) is -3.59. The van der Waals surface area contributed by atoms with E-state index in [1.807, 2.05) is 0 Å². The van der Waals surface area contributed by atoms with E-state index in [1.165, 1.54) is 12.1 Å². The third kappa shape index (κ3) is 3.73. The quantitative estimate of drug-likeness (QED) is 0.784. The zero-order valence-electron chi connectivity index (χ0n) is 11.4. The molecule has 120 valence electrons. The predicted octanol–water partition coefficient (Wildman–Crippen LogP) is 1.44. The van der Waals surface area contributed by atoms with Gasteiger partial charge < -0.3 is 16.8 Å².